The van der Waals surface area contributed by atoms with Crippen molar-refractivity contribution in [3.8, 4) is 5.75 Å². The number of benzene rings is 1. The average molecular weight is 245 g/mol. The summed E-state index contributed by atoms with van der Waals surface area (Å²) in [6.45, 7) is 0.720. The first-order valence-corrected chi connectivity index (χ1v) is 5.75. The highest BCUT2D eigenvalue weighted by Gasteiger charge is 2.00. The van der Waals surface area contributed by atoms with E-state index in [9.17, 15) is 4.79 Å². The molecule has 0 aliphatic carbocycles. The number of rotatable bonds is 5. The Morgan fingerprint density at radius 3 is 2.78 bits per heavy atom. The van der Waals surface area contributed by atoms with Gasteiger partial charge in [-0.3, -0.25) is 4.79 Å². The maximum atomic E-state index is 11.3. The Morgan fingerprint density at radius 1 is 1.28 bits per heavy atom. The van der Waals surface area contributed by atoms with Crippen molar-refractivity contribution < 1.29 is 4.74 Å². The Kier molecular flexibility index (Phi) is 4.09. The third-order valence-electron chi connectivity index (χ3n) is 2.40. The van der Waals surface area contributed by atoms with Crippen molar-refractivity contribution in [2.24, 2.45) is 5.73 Å². The Labute approximate surface area is 105 Å². The van der Waals surface area contributed by atoms with Crippen molar-refractivity contribution in [2.75, 3.05) is 6.61 Å². The molecule has 0 saturated heterocycles. The second-order valence-electron chi connectivity index (χ2n) is 3.80. The van der Waals surface area contributed by atoms with Gasteiger partial charge < -0.3 is 15.5 Å². The number of para-hydroxylation sites is 1. The van der Waals surface area contributed by atoms with Gasteiger partial charge in [-0.15, -0.1) is 0 Å². The van der Waals surface area contributed by atoms with Crippen LogP contribution in [-0.2, 0) is 13.0 Å². The van der Waals surface area contributed by atoms with Gasteiger partial charge in [-0.1, -0.05) is 18.2 Å². The van der Waals surface area contributed by atoms with E-state index in [0.29, 0.717) is 24.5 Å². The van der Waals surface area contributed by atoms with Crippen LogP contribution in [0.4, 0.5) is 0 Å². The summed E-state index contributed by atoms with van der Waals surface area (Å²) in [6.07, 6.45) is 0.540. The van der Waals surface area contributed by atoms with Gasteiger partial charge in [0.05, 0.1) is 12.3 Å². The number of hydrogen-bond donors (Lipinski definition) is 2. The monoisotopic (exact) mass is 245 g/mol. The lowest BCUT2D eigenvalue weighted by Gasteiger charge is -2.06. The number of H-pyrrole nitrogens is 1. The quantitative estimate of drug-likeness (QED) is 0.818. The van der Waals surface area contributed by atoms with Crippen LogP contribution in [0, 0.1) is 0 Å². The SMILES string of the molecule is NCc1cc(=O)[nH]c(CCOc2ccccc2)n1. The van der Waals surface area contributed by atoms with Gasteiger partial charge in [-0.25, -0.2) is 4.98 Å². The molecule has 3 N–H and O–H groups in total. The summed E-state index contributed by atoms with van der Waals surface area (Å²) >= 11 is 0. The van der Waals surface area contributed by atoms with Crippen LogP contribution in [0.15, 0.2) is 41.2 Å². The Morgan fingerprint density at radius 2 is 2.06 bits per heavy atom. The molecule has 2 rings (SSSR count). The number of nitrogens with zero attached hydrogens (tertiary/aromatic N) is 1. The summed E-state index contributed by atoms with van der Waals surface area (Å²) in [5, 5.41) is 0. The zero-order chi connectivity index (χ0) is 12.8. The summed E-state index contributed by atoms with van der Waals surface area (Å²) in [7, 11) is 0. The first-order valence-electron chi connectivity index (χ1n) is 5.75. The molecule has 1 aromatic carbocycles. The lowest BCUT2D eigenvalue weighted by molar-refractivity contribution is 0.318. The Bertz CT molecular complexity index is 552. The first-order chi connectivity index (χ1) is 8.78. The van der Waals surface area contributed by atoms with E-state index in [2.05, 4.69) is 9.97 Å². The van der Waals surface area contributed by atoms with Gasteiger partial charge in [-0.05, 0) is 12.1 Å². The predicted octanol–water partition coefficient (Wildman–Crippen LogP) is 0.850. The van der Waals surface area contributed by atoms with E-state index in [-0.39, 0.29) is 12.1 Å². The lowest BCUT2D eigenvalue weighted by atomic mass is 10.3. The molecular weight excluding hydrogens is 230 g/mol. The Hall–Kier alpha value is -2.14. The highest BCUT2D eigenvalue weighted by molar-refractivity contribution is 5.20. The van der Waals surface area contributed by atoms with Crippen LogP contribution >= 0.6 is 0 Å². The van der Waals surface area contributed by atoms with Gasteiger partial charge in [0.1, 0.15) is 11.6 Å². The van der Waals surface area contributed by atoms with E-state index in [0.717, 1.165) is 5.75 Å². The summed E-state index contributed by atoms with van der Waals surface area (Å²) in [5.41, 5.74) is 5.87. The molecule has 5 nitrogen and oxygen atoms in total. The second kappa shape index (κ2) is 5.97. The van der Waals surface area contributed by atoms with Crippen molar-refractivity contribution in [2.45, 2.75) is 13.0 Å². The summed E-state index contributed by atoms with van der Waals surface area (Å²) in [5.74, 6) is 1.40. The van der Waals surface area contributed by atoms with Crippen molar-refractivity contribution in [1.82, 2.24) is 9.97 Å². The minimum absolute atomic E-state index is 0.180. The van der Waals surface area contributed by atoms with Gasteiger partial charge >= 0.3 is 0 Å². The Balaban J connectivity index is 1.94. The zero-order valence-corrected chi connectivity index (χ0v) is 9.93. The summed E-state index contributed by atoms with van der Waals surface area (Å²) < 4.78 is 5.53. The normalized spacial score (nSPS) is 10.3. The minimum Gasteiger partial charge on any atom is -0.493 e. The maximum absolute atomic E-state index is 11.3. The summed E-state index contributed by atoms with van der Waals surface area (Å²) in [6, 6.07) is 10.9. The van der Waals surface area contributed by atoms with E-state index in [1.54, 1.807) is 0 Å². The first kappa shape index (κ1) is 12.3. The molecular formula is C13H15N3O2. The summed E-state index contributed by atoms with van der Waals surface area (Å²) in [4.78, 5) is 18.2. The van der Waals surface area contributed by atoms with Crippen LogP contribution in [-0.4, -0.2) is 16.6 Å². The van der Waals surface area contributed by atoms with Crippen LogP contribution in [0.25, 0.3) is 0 Å². The van der Waals surface area contributed by atoms with Gasteiger partial charge in [0.15, 0.2) is 0 Å². The molecule has 0 aliphatic rings. The smallest absolute Gasteiger partial charge is 0.251 e. The van der Waals surface area contributed by atoms with Crippen LogP contribution in [0.3, 0.4) is 0 Å². The van der Waals surface area contributed by atoms with E-state index in [4.69, 9.17) is 10.5 Å². The molecule has 0 atom stereocenters. The number of nitrogens with two attached hydrogens (primary N) is 1. The molecule has 0 saturated carbocycles. The molecule has 2 aromatic rings. The molecule has 0 unspecified atom stereocenters. The van der Waals surface area contributed by atoms with Gasteiger partial charge in [-0.2, -0.15) is 0 Å². The molecule has 0 fully saturated rings. The highest BCUT2D eigenvalue weighted by atomic mass is 16.5. The third kappa shape index (κ3) is 3.43. The van der Waals surface area contributed by atoms with E-state index in [1.807, 2.05) is 30.3 Å². The fourth-order valence-electron chi connectivity index (χ4n) is 1.57. The third-order valence-corrected chi connectivity index (χ3v) is 2.40. The number of aromatic nitrogens is 2. The highest BCUT2D eigenvalue weighted by Crippen LogP contribution is 2.08. The molecule has 94 valence electrons. The zero-order valence-electron chi connectivity index (χ0n) is 9.93. The fraction of sp³-hybridized carbons (Fsp3) is 0.231. The molecule has 1 aromatic heterocycles. The number of hydrogen-bond acceptors (Lipinski definition) is 4. The maximum Gasteiger partial charge on any atom is 0.251 e. The van der Waals surface area contributed by atoms with E-state index < -0.39 is 0 Å². The van der Waals surface area contributed by atoms with Crippen molar-refractivity contribution in [3.63, 3.8) is 0 Å². The predicted molar refractivity (Wildman–Crippen MR) is 68.4 cm³/mol. The molecule has 0 aliphatic heterocycles. The number of aromatic amines is 1. The van der Waals surface area contributed by atoms with Crippen molar-refractivity contribution >= 4 is 0 Å². The molecule has 0 amide bonds. The number of nitrogens with one attached hydrogen (secondary N) is 1. The lowest BCUT2D eigenvalue weighted by Crippen LogP contribution is -2.16. The van der Waals surface area contributed by atoms with Gasteiger partial charge in [0.25, 0.3) is 5.56 Å². The largest absolute Gasteiger partial charge is 0.493 e. The van der Waals surface area contributed by atoms with Crippen LogP contribution in [0.1, 0.15) is 11.5 Å². The average Bonchev–Trinajstić information content (AvgIpc) is 2.39. The van der Waals surface area contributed by atoms with E-state index in [1.165, 1.54) is 6.07 Å². The topological polar surface area (TPSA) is 81.0 Å². The van der Waals surface area contributed by atoms with Crippen LogP contribution < -0.4 is 16.0 Å². The minimum atomic E-state index is -0.180. The molecule has 0 radical (unpaired) electrons. The van der Waals surface area contributed by atoms with Crippen molar-refractivity contribution in [1.29, 1.82) is 0 Å². The fourth-order valence-corrected chi connectivity index (χ4v) is 1.57. The second-order valence-corrected chi connectivity index (χ2v) is 3.80. The molecule has 1 heterocycles. The number of ether oxygens (including phenoxy) is 1. The molecule has 5 heteroatoms. The standard InChI is InChI=1S/C13H15N3O2/c14-9-10-8-13(17)16-12(15-10)6-7-18-11-4-2-1-3-5-11/h1-5,8H,6-7,9,14H2,(H,15,16,17). The van der Waals surface area contributed by atoms with E-state index >= 15 is 0 Å². The molecule has 18 heavy (non-hydrogen) atoms. The van der Waals surface area contributed by atoms with Gasteiger partial charge in [0.2, 0.25) is 0 Å². The molecule has 0 spiro atoms. The van der Waals surface area contributed by atoms with Gasteiger partial charge in [0, 0.05) is 19.0 Å². The van der Waals surface area contributed by atoms with Crippen LogP contribution in [0.2, 0.25) is 0 Å². The van der Waals surface area contributed by atoms with Crippen molar-refractivity contribution in [3.05, 3.63) is 58.3 Å². The molecule has 0 bridgehead atoms. The van der Waals surface area contributed by atoms with Crippen LogP contribution in [0.5, 0.6) is 5.75 Å².